The highest BCUT2D eigenvalue weighted by Crippen LogP contribution is 2.25. The smallest absolute Gasteiger partial charge is 0.144 e. The minimum absolute atomic E-state index is 0.484. The number of aromatic nitrogens is 2. The second-order valence-corrected chi connectivity index (χ2v) is 5.54. The van der Waals surface area contributed by atoms with Gasteiger partial charge in [0.05, 0.1) is 17.6 Å². The van der Waals surface area contributed by atoms with Crippen LogP contribution in [0.4, 0.5) is 5.82 Å². The second kappa shape index (κ2) is 7.87. The molecular weight excluding hydrogens is 268 g/mol. The molecule has 20 heavy (non-hydrogen) atoms. The first-order valence-corrected chi connectivity index (χ1v) is 7.38. The Bertz CT molecular complexity index is 555. The average Bonchev–Trinajstić information content (AvgIpc) is 2.44. The molecule has 2 rings (SSSR count). The molecule has 0 aliphatic rings. The van der Waals surface area contributed by atoms with Crippen molar-refractivity contribution in [3.63, 3.8) is 0 Å². The van der Waals surface area contributed by atoms with Crippen molar-refractivity contribution in [1.29, 1.82) is 0 Å². The summed E-state index contributed by atoms with van der Waals surface area (Å²) < 4.78 is 2.05. The highest BCUT2D eigenvalue weighted by molar-refractivity contribution is 7.97. The van der Waals surface area contributed by atoms with E-state index in [0.29, 0.717) is 5.82 Å². The molecule has 0 saturated carbocycles. The van der Waals surface area contributed by atoms with Crippen molar-refractivity contribution in [2.75, 3.05) is 19.8 Å². The van der Waals surface area contributed by atoms with Crippen LogP contribution in [0, 0.1) is 6.92 Å². The first-order chi connectivity index (χ1) is 9.56. The molecule has 108 valence electrons. The van der Waals surface area contributed by atoms with Crippen LogP contribution in [0.5, 0.6) is 0 Å². The Morgan fingerprint density at radius 3 is 2.50 bits per heavy atom. The Balaban J connectivity index is 0.000000956. The second-order valence-electron chi connectivity index (χ2n) is 4.16. The first kappa shape index (κ1) is 16.5. The third-order valence-corrected chi connectivity index (χ3v) is 3.23. The van der Waals surface area contributed by atoms with Crippen LogP contribution in [-0.2, 0) is 0 Å². The van der Waals surface area contributed by atoms with Gasteiger partial charge in [-0.3, -0.25) is 4.31 Å². The van der Waals surface area contributed by atoms with Gasteiger partial charge in [0.15, 0.2) is 0 Å². The normalized spacial score (nSPS) is 10.1. The molecule has 1 aromatic heterocycles. The van der Waals surface area contributed by atoms with Crippen molar-refractivity contribution in [3.05, 3.63) is 36.2 Å². The van der Waals surface area contributed by atoms with Crippen LogP contribution in [0.3, 0.4) is 0 Å². The van der Waals surface area contributed by atoms with E-state index in [1.165, 1.54) is 4.90 Å². The van der Waals surface area contributed by atoms with Crippen LogP contribution in [0.15, 0.2) is 35.4 Å². The summed E-state index contributed by atoms with van der Waals surface area (Å²) in [5.41, 5.74) is 8.34. The molecule has 0 bridgehead atoms. The summed E-state index contributed by atoms with van der Waals surface area (Å²) in [5, 5.41) is 0. The molecule has 2 N–H and O–H groups in total. The summed E-state index contributed by atoms with van der Waals surface area (Å²) in [5.74, 6) is 0.484. The van der Waals surface area contributed by atoms with Crippen LogP contribution in [0.1, 0.15) is 19.5 Å². The minimum Gasteiger partial charge on any atom is -0.382 e. The molecule has 1 aromatic carbocycles. The molecular formula is C15H22N4S. The van der Waals surface area contributed by atoms with Gasteiger partial charge in [-0.25, -0.2) is 9.97 Å². The Morgan fingerprint density at radius 2 is 1.90 bits per heavy atom. The van der Waals surface area contributed by atoms with E-state index in [1.807, 2.05) is 47.0 Å². The fourth-order valence-corrected chi connectivity index (χ4v) is 2.29. The fourth-order valence-electron chi connectivity index (χ4n) is 1.55. The van der Waals surface area contributed by atoms with Gasteiger partial charge in [0.2, 0.25) is 0 Å². The number of nitrogens with zero attached hydrogens (tertiary/aromatic N) is 3. The van der Waals surface area contributed by atoms with Gasteiger partial charge in [0.1, 0.15) is 5.82 Å². The number of nitrogens with two attached hydrogens (primary N) is 1. The lowest BCUT2D eigenvalue weighted by molar-refractivity contribution is 0.703. The van der Waals surface area contributed by atoms with Crippen molar-refractivity contribution < 1.29 is 0 Å². The van der Waals surface area contributed by atoms with E-state index in [-0.39, 0.29) is 0 Å². The number of rotatable bonds is 3. The van der Waals surface area contributed by atoms with Crippen molar-refractivity contribution in [2.45, 2.75) is 25.7 Å². The zero-order valence-electron chi connectivity index (χ0n) is 12.7. The summed E-state index contributed by atoms with van der Waals surface area (Å²) in [4.78, 5) is 9.77. The molecule has 0 spiro atoms. The minimum atomic E-state index is 0.484. The van der Waals surface area contributed by atoms with Gasteiger partial charge >= 0.3 is 0 Å². The van der Waals surface area contributed by atoms with E-state index in [2.05, 4.69) is 26.4 Å². The highest BCUT2D eigenvalue weighted by atomic mass is 32.2. The van der Waals surface area contributed by atoms with Crippen molar-refractivity contribution >= 4 is 17.8 Å². The molecule has 0 amide bonds. The fraction of sp³-hybridized carbons (Fsp3) is 0.333. The van der Waals surface area contributed by atoms with Crippen molar-refractivity contribution in [2.24, 2.45) is 0 Å². The largest absolute Gasteiger partial charge is 0.382 e. The van der Waals surface area contributed by atoms with Gasteiger partial charge in [-0.2, -0.15) is 0 Å². The van der Waals surface area contributed by atoms with Crippen LogP contribution in [-0.4, -0.2) is 28.4 Å². The lowest BCUT2D eigenvalue weighted by Crippen LogP contribution is -1.99. The van der Waals surface area contributed by atoms with E-state index in [9.17, 15) is 0 Å². The third kappa shape index (κ3) is 4.51. The molecule has 1 heterocycles. The summed E-state index contributed by atoms with van der Waals surface area (Å²) in [6, 6.07) is 8.23. The van der Waals surface area contributed by atoms with E-state index in [1.54, 1.807) is 18.1 Å². The van der Waals surface area contributed by atoms with Crippen molar-refractivity contribution in [3.8, 4) is 11.3 Å². The zero-order valence-corrected chi connectivity index (χ0v) is 13.5. The lowest BCUT2D eigenvalue weighted by atomic mass is 10.1. The molecule has 0 unspecified atom stereocenters. The van der Waals surface area contributed by atoms with Gasteiger partial charge in [-0.05, 0) is 45.1 Å². The maximum absolute atomic E-state index is 5.68. The predicted molar refractivity (Wildman–Crippen MR) is 87.5 cm³/mol. The summed E-state index contributed by atoms with van der Waals surface area (Å²) in [7, 11) is 4.04. The number of hydrogen-bond donors (Lipinski definition) is 1. The van der Waals surface area contributed by atoms with Gasteiger partial charge in [0.25, 0.3) is 0 Å². The Labute approximate surface area is 125 Å². The molecule has 0 aliphatic heterocycles. The monoisotopic (exact) mass is 290 g/mol. The average molecular weight is 290 g/mol. The summed E-state index contributed by atoms with van der Waals surface area (Å²) in [6.45, 7) is 5.87. The quantitative estimate of drug-likeness (QED) is 0.875. The predicted octanol–water partition coefficient (Wildman–Crippen LogP) is 3.63. The number of anilines is 1. The number of nitrogen functional groups attached to an aromatic ring is 1. The number of benzene rings is 1. The highest BCUT2D eigenvalue weighted by Gasteiger charge is 2.05. The molecule has 4 nitrogen and oxygen atoms in total. The molecule has 2 aromatic rings. The van der Waals surface area contributed by atoms with E-state index in [4.69, 9.17) is 5.73 Å². The van der Waals surface area contributed by atoms with Crippen LogP contribution in [0.25, 0.3) is 11.3 Å². The molecule has 0 aliphatic carbocycles. The molecule has 0 radical (unpaired) electrons. The molecule has 0 saturated heterocycles. The number of hydrogen-bond acceptors (Lipinski definition) is 5. The van der Waals surface area contributed by atoms with Crippen LogP contribution >= 0.6 is 11.9 Å². The van der Waals surface area contributed by atoms with Crippen LogP contribution in [0.2, 0.25) is 0 Å². The van der Waals surface area contributed by atoms with Gasteiger partial charge < -0.3 is 5.73 Å². The Kier molecular flexibility index (Phi) is 6.48. The zero-order chi connectivity index (χ0) is 15.1. The topological polar surface area (TPSA) is 55.0 Å². The van der Waals surface area contributed by atoms with Crippen molar-refractivity contribution in [1.82, 2.24) is 14.3 Å². The van der Waals surface area contributed by atoms with Gasteiger partial charge in [-0.15, -0.1) is 0 Å². The maximum Gasteiger partial charge on any atom is 0.144 e. The first-order valence-electron chi connectivity index (χ1n) is 6.61. The van der Waals surface area contributed by atoms with Gasteiger partial charge in [-0.1, -0.05) is 26.0 Å². The molecule has 0 atom stereocenters. The number of aryl methyl sites for hydroxylation is 1. The van der Waals surface area contributed by atoms with E-state index >= 15 is 0 Å². The maximum atomic E-state index is 5.68. The molecule has 5 heteroatoms. The standard InChI is InChI=1S/C13H16N4S.C2H6/c1-9-13(14)15-8-12(16-9)10-5-4-6-11(7-10)18-17(2)3;1-2/h4-8H,1-3H3,(H2,14,15);1-2H3. The molecule has 0 fully saturated rings. The Morgan fingerprint density at radius 1 is 1.20 bits per heavy atom. The van der Waals surface area contributed by atoms with Gasteiger partial charge in [0, 0.05) is 10.5 Å². The lowest BCUT2D eigenvalue weighted by Gasteiger charge is -2.10. The third-order valence-electron chi connectivity index (χ3n) is 2.40. The van der Waals surface area contributed by atoms with Crippen LogP contribution < -0.4 is 5.73 Å². The Hall–Kier alpha value is -1.59. The summed E-state index contributed by atoms with van der Waals surface area (Å²) in [6.07, 6.45) is 1.71. The summed E-state index contributed by atoms with van der Waals surface area (Å²) >= 11 is 1.68. The van der Waals surface area contributed by atoms with E-state index in [0.717, 1.165) is 17.0 Å². The SMILES string of the molecule is CC.Cc1nc(-c2cccc(SN(C)C)c2)cnc1N. The van der Waals surface area contributed by atoms with E-state index < -0.39 is 0 Å².